The number of anilines is 1. The van der Waals surface area contributed by atoms with E-state index in [1.54, 1.807) is 4.68 Å². The average Bonchev–Trinajstić information content (AvgIpc) is 3.12. The second kappa shape index (κ2) is 6.48. The van der Waals surface area contributed by atoms with Crippen LogP contribution in [0, 0.1) is 17.8 Å². The number of aliphatic hydroxyl groups is 1. The van der Waals surface area contributed by atoms with Crippen LogP contribution in [0.4, 0.5) is 5.13 Å². The van der Waals surface area contributed by atoms with Gasteiger partial charge in [-0.15, -0.1) is 5.10 Å². The van der Waals surface area contributed by atoms with Crippen molar-refractivity contribution in [2.75, 3.05) is 18.0 Å². The Morgan fingerprint density at radius 3 is 2.68 bits per heavy atom. The molecule has 0 aliphatic carbocycles. The van der Waals surface area contributed by atoms with Gasteiger partial charge in [-0.3, -0.25) is 0 Å². The van der Waals surface area contributed by atoms with Crippen molar-refractivity contribution in [3.63, 3.8) is 0 Å². The lowest BCUT2D eigenvalue weighted by atomic mass is 10.0. The molecule has 0 bridgehead atoms. The lowest BCUT2D eigenvalue weighted by Gasteiger charge is -2.14. The van der Waals surface area contributed by atoms with Gasteiger partial charge in [-0.2, -0.15) is 0 Å². The Balaban J connectivity index is 1.77. The molecule has 118 valence electrons. The highest BCUT2D eigenvalue weighted by atomic mass is 32.1. The van der Waals surface area contributed by atoms with Gasteiger partial charge in [-0.25, -0.2) is 4.68 Å². The third-order valence-corrected chi connectivity index (χ3v) is 5.60. The average molecular weight is 335 g/mol. The summed E-state index contributed by atoms with van der Waals surface area (Å²) in [6, 6.07) is 6.06. The van der Waals surface area contributed by atoms with Crippen molar-refractivity contribution in [3.8, 4) is 0 Å². The van der Waals surface area contributed by atoms with E-state index in [-0.39, 0.29) is 0 Å². The van der Waals surface area contributed by atoms with Crippen LogP contribution < -0.4 is 4.90 Å². The maximum absolute atomic E-state index is 10.5. The third kappa shape index (κ3) is 3.24. The molecule has 1 aromatic carbocycles. The molecular weight excluding hydrogens is 314 g/mol. The summed E-state index contributed by atoms with van der Waals surface area (Å²) in [5.41, 5.74) is 3.34. The van der Waals surface area contributed by atoms with E-state index in [1.165, 1.54) is 35.3 Å². The van der Waals surface area contributed by atoms with Crippen molar-refractivity contribution < 1.29 is 5.11 Å². The molecule has 1 aromatic heterocycles. The van der Waals surface area contributed by atoms with Gasteiger partial charge in [0.1, 0.15) is 0 Å². The van der Waals surface area contributed by atoms with Crippen molar-refractivity contribution in [2.24, 2.45) is 0 Å². The van der Waals surface area contributed by atoms with E-state index in [0.29, 0.717) is 6.54 Å². The Kier molecular flexibility index (Phi) is 4.61. The molecule has 6 heteroatoms. The predicted octanol–water partition coefficient (Wildman–Crippen LogP) is 3.62. The molecule has 3 rings (SSSR count). The van der Waals surface area contributed by atoms with Crippen molar-refractivity contribution >= 4 is 28.7 Å². The molecule has 0 spiro atoms. The van der Waals surface area contributed by atoms with E-state index < -0.39 is 6.10 Å². The summed E-state index contributed by atoms with van der Waals surface area (Å²) in [6.07, 6.45) is 1.86. The zero-order chi connectivity index (χ0) is 15.7. The lowest BCUT2D eigenvalue weighted by Crippen LogP contribution is -2.18. The minimum atomic E-state index is -0.584. The van der Waals surface area contributed by atoms with E-state index in [9.17, 15) is 5.11 Å². The molecule has 22 heavy (non-hydrogen) atoms. The first kappa shape index (κ1) is 15.6. The van der Waals surface area contributed by atoms with E-state index in [1.807, 2.05) is 18.2 Å². The predicted molar refractivity (Wildman–Crippen MR) is 93.3 cm³/mol. The first-order valence-electron chi connectivity index (χ1n) is 7.63. The van der Waals surface area contributed by atoms with Crippen LogP contribution in [0.25, 0.3) is 0 Å². The maximum atomic E-state index is 10.5. The monoisotopic (exact) mass is 335 g/mol. The molecule has 4 nitrogen and oxygen atoms in total. The number of aromatic nitrogens is 2. The smallest absolute Gasteiger partial charge is 0.207 e. The van der Waals surface area contributed by atoms with Gasteiger partial charge in [0.25, 0.3) is 0 Å². The van der Waals surface area contributed by atoms with Gasteiger partial charge in [0.05, 0.1) is 12.6 Å². The van der Waals surface area contributed by atoms with Gasteiger partial charge >= 0.3 is 0 Å². The van der Waals surface area contributed by atoms with Crippen LogP contribution in [-0.4, -0.2) is 28.0 Å². The fraction of sp³-hybridized carbons (Fsp3) is 0.500. The molecule has 0 saturated carbocycles. The molecular formula is C16H21N3OS2. The molecule has 2 aromatic rings. The van der Waals surface area contributed by atoms with Crippen LogP contribution in [0.2, 0.25) is 0 Å². The molecule has 1 aliphatic heterocycles. The van der Waals surface area contributed by atoms with Crippen molar-refractivity contribution in [1.29, 1.82) is 0 Å². The Labute approximate surface area is 140 Å². The second-order valence-corrected chi connectivity index (χ2v) is 7.49. The van der Waals surface area contributed by atoms with Crippen LogP contribution >= 0.6 is 23.6 Å². The van der Waals surface area contributed by atoms with Gasteiger partial charge < -0.3 is 10.0 Å². The molecule has 0 radical (unpaired) electrons. The summed E-state index contributed by atoms with van der Waals surface area (Å²) in [7, 11) is 0. The molecule has 1 aliphatic rings. The van der Waals surface area contributed by atoms with Crippen LogP contribution in [0.15, 0.2) is 18.2 Å². The van der Waals surface area contributed by atoms with Crippen LogP contribution in [0.3, 0.4) is 0 Å². The number of aliphatic hydroxyl groups excluding tert-OH is 1. The van der Waals surface area contributed by atoms with Crippen molar-refractivity contribution in [1.82, 2.24) is 9.78 Å². The SMILES string of the molecule is Cc1ccc([C@H](O)Cn2nc(N3CCCC3)sc2=S)cc1C. The molecule has 1 saturated heterocycles. The Morgan fingerprint density at radius 1 is 1.27 bits per heavy atom. The standard InChI is InChI=1S/C16H21N3OS2/c1-11-5-6-13(9-12(11)2)14(20)10-19-16(21)22-15(17-19)18-7-3-4-8-18/h5-6,9,14,20H,3-4,7-8,10H2,1-2H3/t14-/m1/s1. The van der Waals surface area contributed by atoms with Crippen LogP contribution in [0.5, 0.6) is 0 Å². The highest BCUT2D eigenvalue weighted by molar-refractivity contribution is 7.73. The number of hydrogen-bond acceptors (Lipinski definition) is 5. The fourth-order valence-electron chi connectivity index (χ4n) is 2.69. The largest absolute Gasteiger partial charge is 0.386 e. The summed E-state index contributed by atoms with van der Waals surface area (Å²) < 4.78 is 2.48. The summed E-state index contributed by atoms with van der Waals surface area (Å²) in [4.78, 5) is 2.28. The van der Waals surface area contributed by atoms with Gasteiger partial charge in [0, 0.05) is 13.1 Å². The highest BCUT2D eigenvalue weighted by Crippen LogP contribution is 2.25. The third-order valence-electron chi connectivity index (χ3n) is 4.23. The maximum Gasteiger partial charge on any atom is 0.207 e. The highest BCUT2D eigenvalue weighted by Gasteiger charge is 2.18. The van der Waals surface area contributed by atoms with Crippen LogP contribution in [0.1, 0.15) is 35.6 Å². The summed E-state index contributed by atoms with van der Waals surface area (Å²) >= 11 is 6.94. The number of nitrogens with zero attached hydrogens (tertiary/aromatic N) is 3. The number of hydrogen-bond donors (Lipinski definition) is 1. The van der Waals surface area contributed by atoms with Crippen molar-refractivity contribution in [3.05, 3.63) is 38.8 Å². The zero-order valence-electron chi connectivity index (χ0n) is 13.0. The number of rotatable bonds is 4. The van der Waals surface area contributed by atoms with Gasteiger partial charge in [0.2, 0.25) is 5.13 Å². The molecule has 0 unspecified atom stereocenters. The van der Waals surface area contributed by atoms with E-state index in [4.69, 9.17) is 12.2 Å². The molecule has 0 amide bonds. The lowest BCUT2D eigenvalue weighted by molar-refractivity contribution is 0.151. The van der Waals surface area contributed by atoms with E-state index in [0.717, 1.165) is 27.7 Å². The second-order valence-electron chi connectivity index (χ2n) is 5.89. The topological polar surface area (TPSA) is 41.3 Å². The zero-order valence-corrected chi connectivity index (χ0v) is 14.6. The Bertz CT molecular complexity index is 716. The molecule has 1 fully saturated rings. The minimum Gasteiger partial charge on any atom is -0.386 e. The summed E-state index contributed by atoms with van der Waals surface area (Å²) in [6.45, 7) is 6.66. The van der Waals surface area contributed by atoms with Gasteiger partial charge in [0.15, 0.2) is 3.95 Å². The molecule has 2 heterocycles. The first-order chi connectivity index (χ1) is 10.5. The van der Waals surface area contributed by atoms with Crippen LogP contribution in [-0.2, 0) is 6.54 Å². The number of aryl methyl sites for hydroxylation is 2. The van der Waals surface area contributed by atoms with E-state index in [2.05, 4.69) is 23.8 Å². The Morgan fingerprint density at radius 2 is 2.00 bits per heavy atom. The normalized spacial score (nSPS) is 16.2. The van der Waals surface area contributed by atoms with Gasteiger partial charge in [-0.05, 0) is 55.6 Å². The summed E-state index contributed by atoms with van der Waals surface area (Å²) in [5.74, 6) is 0. The van der Waals surface area contributed by atoms with E-state index >= 15 is 0 Å². The first-order valence-corrected chi connectivity index (χ1v) is 8.85. The van der Waals surface area contributed by atoms with Gasteiger partial charge in [-0.1, -0.05) is 29.5 Å². The quantitative estimate of drug-likeness (QED) is 0.867. The molecule has 1 N–H and O–H groups in total. The minimum absolute atomic E-state index is 0.408. The number of benzene rings is 1. The fourth-order valence-corrected chi connectivity index (χ4v) is 3.85. The Hall–Kier alpha value is -1.24. The van der Waals surface area contributed by atoms with Crippen molar-refractivity contribution in [2.45, 2.75) is 39.3 Å². The molecule has 1 atom stereocenters. The summed E-state index contributed by atoms with van der Waals surface area (Å²) in [5, 5.41) is 16.0.